The lowest BCUT2D eigenvalue weighted by atomic mass is 10.0. The Hall–Kier alpha value is -0.250. The molecule has 0 aromatic heterocycles. The van der Waals surface area contributed by atoms with Crippen LogP contribution in [0.5, 0.6) is 0 Å². The first-order chi connectivity index (χ1) is 8.58. The average Bonchev–Trinajstić information content (AvgIpc) is 2.58. The fraction of sp³-hybridized carbons (Fsp3) is 0.571. The van der Waals surface area contributed by atoms with Gasteiger partial charge in [0.25, 0.3) is 0 Å². The van der Waals surface area contributed by atoms with E-state index in [2.05, 4.69) is 46.1 Å². The molecule has 1 atom stereocenters. The quantitative estimate of drug-likeness (QED) is 0.883. The molecule has 1 aliphatic rings. The molecule has 2 nitrogen and oxygen atoms in total. The van der Waals surface area contributed by atoms with Crippen LogP contribution >= 0.6 is 27.5 Å². The van der Waals surface area contributed by atoms with E-state index in [1.165, 1.54) is 0 Å². The van der Waals surface area contributed by atoms with E-state index in [1.54, 1.807) is 0 Å². The van der Waals surface area contributed by atoms with Crippen LogP contribution in [0.3, 0.4) is 0 Å². The molecule has 0 spiro atoms. The van der Waals surface area contributed by atoms with Gasteiger partial charge in [-0.25, -0.2) is 0 Å². The highest BCUT2D eigenvalue weighted by Crippen LogP contribution is 2.30. The summed E-state index contributed by atoms with van der Waals surface area (Å²) in [4.78, 5) is 2.40. The molecule has 1 unspecified atom stereocenters. The zero-order valence-corrected chi connectivity index (χ0v) is 13.3. The second-order valence-electron chi connectivity index (χ2n) is 5.20. The molecule has 1 aliphatic heterocycles. The summed E-state index contributed by atoms with van der Waals surface area (Å²) < 4.78 is 1.08. The summed E-state index contributed by atoms with van der Waals surface area (Å²) in [5.41, 5.74) is 1.14. The Morgan fingerprint density at radius 3 is 2.94 bits per heavy atom. The Morgan fingerprint density at radius 2 is 2.22 bits per heavy atom. The van der Waals surface area contributed by atoms with Crippen molar-refractivity contribution < 1.29 is 0 Å². The molecule has 0 radical (unpaired) electrons. The van der Waals surface area contributed by atoms with Crippen molar-refractivity contribution in [3.63, 3.8) is 0 Å². The second kappa shape index (κ2) is 6.27. The van der Waals surface area contributed by atoms with Crippen molar-refractivity contribution in [2.75, 3.05) is 24.5 Å². The van der Waals surface area contributed by atoms with E-state index < -0.39 is 0 Å². The van der Waals surface area contributed by atoms with Gasteiger partial charge >= 0.3 is 0 Å². The van der Waals surface area contributed by atoms with Crippen molar-refractivity contribution in [1.29, 1.82) is 0 Å². The highest BCUT2D eigenvalue weighted by molar-refractivity contribution is 9.10. The van der Waals surface area contributed by atoms with E-state index in [4.69, 9.17) is 11.6 Å². The third kappa shape index (κ3) is 3.40. The first kappa shape index (κ1) is 14.2. The molecule has 100 valence electrons. The predicted octanol–water partition coefficient (Wildman–Crippen LogP) is 3.93. The maximum Gasteiger partial charge on any atom is 0.0640 e. The largest absolute Gasteiger partial charge is 0.369 e. The van der Waals surface area contributed by atoms with Crippen LogP contribution in [0.1, 0.15) is 20.3 Å². The summed E-state index contributed by atoms with van der Waals surface area (Å²) in [7, 11) is 0. The molecule has 4 heteroatoms. The number of halogens is 2. The minimum absolute atomic E-state index is 0.530. The van der Waals surface area contributed by atoms with Crippen LogP contribution in [0.2, 0.25) is 5.02 Å². The summed E-state index contributed by atoms with van der Waals surface area (Å²) in [6.07, 6.45) is 1.16. The van der Waals surface area contributed by atoms with Crippen molar-refractivity contribution in [3.05, 3.63) is 27.7 Å². The molecule has 1 heterocycles. The highest BCUT2D eigenvalue weighted by Gasteiger charge is 2.21. The zero-order chi connectivity index (χ0) is 13.1. The van der Waals surface area contributed by atoms with Gasteiger partial charge in [0.2, 0.25) is 0 Å². The standard InChI is InChI=1S/C14H20BrClN2/c1-10(2)13-9-18(7-3-6-17-13)14-8-11(15)4-5-12(14)16/h4-5,8,10,13,17H,3,6-7,9H2,1-2H3. The number of hydrogen-bond donors (Lipinski definition) is 1. The van der Waals surface area contributed by atoms with Gasteiger partial charge in [0.1, 0.15) is 0 Å². The van der Waals surface area contributed by atoms with E-state index >= 15 is 0 Å². The molecular weight excluding hydrogens is 312 g/mol. The van der Waals surface area contributed by atoms with Gasteiger partial charge in [-0.15, -0.1) is 0 Å². The van der Waals surface area contributed by atoms with E-state index in [0.717, 1.165) is 41.2 Å². The Kier molecular flexibility index (Phi) is 4.93. The predicted molar refractivity (Wildman–Crippen MR) is 82.6 cm³/mol. The van der Waals surface area contributed by atoms with Crippen molar-refractivity contribution in [1.82, 2.24) is 5.32 Å². The van der Waals surface area contributed by atoms with Gasteiger partial charge in [-0.05, 0) is 37.1 Å². The third-order valence-electron chi connectivity index (χ3n) is 3.48. The second-order valence-corrected chi connectivity index (χ2v) is 6.52. The minimum Gasteiger partial charge on any atom is -0.369 e. The van der Waals surface area contributed by atoms with Crippen LogP contribution in [0.4, 0.5) is 5.69 Å². The van der Waals surface area contributed by atoms with Gasteiger partial charge in [-0.3, -0.25) is 0 Å². The van der Waals surface area contributed by atoms with E-state index in [9.17, 15) is 0 Å². The van der Waals surface area contributed by atoms with Gasteiger partial charge in [0, 0.05) is 23.6 Å². The zero-order valence-electron chi connectivity index (χ0n) is 10.9. The molecule has 0 amide bonds. The summed E-state index contributed by atoms with van der Waals surface area (Å²) >= 11 is 9.85. The number of benzene rings is 1. The van der Waals surface area contributed by atoms with Gasteiger partial charge in [-0.2, -0.15) is 0 Å². The molecule has 1 aromatic carbocycles. The van der Waals surface area contributed by atoms with E-state index in [1.807, 2.05) is 12.1 Å². The van der Waals surface area contributed by atoms with Crippen LogP contribution in [-0.2, 0) is 0 Å². The van der Waals surface area contributed by atoms with Crippen molar-refractivity contribution in [3.8, 4) is 0 Å². The maximum atomic E-state index is 6.33. The monoisotopic (exact) mass is 330 g/mol. The summed E-state index contributed by atoms with van der Waals surface area (Å²) in [5, 5.41) is 4.45. The molecular formula is C14H20BrClN2. The average molecular weight is 332 g/mol. The fourth-order valence-corrected chi connectivity index (χ4v) is 2.93. The number of nitrogens with one attached hydrogen (secondary N) is 1. The molecule has 18 heavy (non-hydrogen) atoms. The van der Waals surface area contributed by atoms with Gasteiger partial charge < -0.3 is 10.2 Å². The van der Waals surface area contributed by atoms with Crippen molar-refractivity contribution in [2.24, 2.45) is 5.92 Å². The Labute approximate surface area is 123 Å². The number of hydrogen-bond acceptors (Lipinski definition) is 2. The van der Waals surface area contributed by atoms with Crippen LogP contribution in [-0.4, -0.2) is 25.7 Å². The molecule has 0 aliphatic carbocycles. The highest BCUT2D eigenvalue weighted by atomic mass is 79.9. The Morgan fingerprint density at radius 1 is 1.44 bits per heavy atom. The summed E-state index contributed by atoms with van der Waals surface area (Å²) in [6.45, 7) is 7.71. The van der Waals surface area contributed by atoms with Crippen molar-refractivity contribution >= 4 is 33.2 Å². The van der Waals surface area contributed by atoms with E-state index in [0.29, 0.717) is 12.0 Å². The van der Waals surface area contributed by atoms with Crippen LogP contribution in [0.25, 0.3) is 0 Å². The number of rotatable bonds is 2. The molecule has 0 saturated carbocycles. The third-order valence-corrected chi connectivity index (χ3v) is 4.29. The lowest BCUT2D eigenvalue weighted by Crippen LogP contribution is -2.41. The Bertz CT molecular complexity index is 409. The minimum atomic E-state index is 0.530. The first-order valence-corrected chi connectivity index (χ1v) is 7.68. The van der Waals surface area contributed by atoms with Crippen molar-refractivity contribution in [2.45, 2.75) is 26.3 Å². The van der Waals surface area contributed by atoms with Gasteiger partial charge in [0.15, 0.2) is 0 Å². The van der Waals surface area contributed by atoms with E-state index in [-0.39, 0.29) is 0 Å². The number of nitrogens with zero attached hydrogens (tertiary/aromatic N) is 1. The molecule has 1 N–H and O–H groups in total. The summed E-state index contributed by atoms with van der Waals surface area (Å²) in [6, 6.07) is 6.60. The van der Waals surface area contributed by atoms with Crippen LogP contribution in [0.15, 0.2) is 22.7 Å². The molecule has 0 bridgehead atoms. The fourth-order valence-electron chi connectivity index (χ4n) is 2.34. The molecule has 1 fully saturated rings. The first-order valence-electron chi connectivity index (χ1n) is 6.51. The lowest BCUT2D eigenvalue weighted by molar-refractivity contribution is 0.420. The maximum absolute atomic E-state index is 6.33. The normalized spacial score (nSPS) is 21.2. The molecule has 1 saturated heterocycles. The Balaban J connectivity index is 2.22. The van der Waals surface area contributed by atoms with Crippen LogP contribution in [0, 0.1) is 5.92 Å². The molecule has 1 aromatic rings. The van der Waals surface area contributed by atoms with Gasteiger partial charge in [0.05, 0.1) is 10.7 Å². The number of anilines is 1. The SMILES string of the molecule is CC(C)C1CN(c2cc(Br)ccc2Cl)CCCN1. The van der Waals surface area contributed by atoms with Crippen LogP contribution < -0.4 is 10.2 Å². The summed E-state index contributed by atoms with van der Waals surface area (Å²) in [5.74, 6) is 0.636. The molecule has 2 rings (SSSR count). The van der Waals surface area contributed by atoms with Gasteiger partial charge in [-0.1, -0.05) is 41.4 Å². The topological polar surface area (TPSA) is 15.3 Å². The lowest BCUT2D eigenvalue weighted by Gasteiger charge is -2.29. The smallest absolute Gasteiger partial charge is 0.0640 e.